The van der Waals surface area contributed by atoms with Crippen LogP contribution in [0.2, 0.25) is 5.28 Å². The largest absolute Gasteiger partial charge is 0.280 e. The summed E-state index contributed by atoms with van der Waals surface area (Å²) in [5.74, 6) is -0.344. The van der Waals surface area contributed by atoms with Crippen LogP contribution in [0, 0.1) is 5.82 Å². The predicted molar refractivity (Wildman–Crippen MR) is 73.7 cm³/mol. The summed E-state index contributed by atoms with van der Waals surface area (Å²) in [4.78, 5) is 4.21. The van der Waals surface area contributed by atoms with E-state index >= 15 is 0 Å². The summed E-state index contributed by atoms with van der Waals surface area (Å²) in [7, 11) is 0. The summed E-state index contributed by atoms with van der Waals surface area (Å²) < 4.78 is 16.3. The van der Waals surface area contributed by atoms with Crippen molar-refractivity contribution >= 4 is 38.6 Å². The maximum atomic E-state index is 13.9. The van der Waals surface area contributed by atoms with Gasteiger partial charge < -0.3 is 0 Å². The van der Waals surface area contributed by atoms with Crippen molar-refractivity contribution in [2.24, 2.45) is 0 Å². The van der Waals surface area contributed by atoms with E-state index in [1.807, 2.05) is 24.3 Å². The number of aromatic nitrogens is 2. The van der Waals surface area contributed by atoms with E-state index in [1.165, 1.54) is 6.07 Å². The number of fused-ring (bicyclic) bond motifs is 1. The third-order valence-electron chi connectivity index (χ3n) is 2.67. The van der Waals surface area contributed by atoms with Crippen LogP contribution in [-0.2, 0) is 0 Å². The van der Waals surface area contributed by atoms with E-state index in [-0.39, 0.29) is 11.1 Å². The van der Waals surface area contributed by atoms with Gasteiger partial charge in [-0.3, -0.25) is 4.57 Å². The van der Waals surface area contributed by atoms with Crippen LogP contribution in [0.1, 0.15) is 0 Å². The van der Waals surface area contributed by atoms with Gasteiger partial charge in [-0.1, -0.05) is 28.1 Å². The molecular formula is C13H7BrClFN2. The molecule has 0 radical (unpaired) electrons. The summed E-state index contributed by atoms with van der Waals surface area (Å²) in [6, 6.07) is 12.1. The maximum Gasteiger partial charge on any atom is 0.208 e. The van der Waals surface area contributed by atoms with Crippen molar-refractivity contribution in [3.8, 4) is 5.69 Å². The molecule has 0 aliphatic carbocycles. The van der Waals surface area contributed by atoms with Gasteiger partial charge >= 0.3 is 0 Å². The van der Waals surface area contributed by atoms with Gasteiger partial charge in [0, 0.05) is 4.47 Å². The Balaban J connectivity index is 2.37. The Labute approximate surface area is 116 Å². The molecule has 0 aliphatic heterocycles. The second-order valence-corrected chi connectivity index (χ2v) is 5.05. The number of para-hydroxylation sites is 2. The lowest BCUT2D eigenvalue weighted by Gasteiger charge is -2.07. The van der Waals surface area contributed by atoms with Crippen molar-refractivity contribution in [2.45, 2.75) is 0 Å². The van der Waals surface area contributed by atoms with Gasteiger partial charge in [0.15, 0.2) is 0 Å². The van der Waals surface area contributed by atoms with E-state index in [4.69, 9.17) is 11.6 Å². The van der Waals surface area contributed by atoms with Crippen LogP contribution in [0.5, 0.6) is 0 Å². The zero-order valence-corrected chi connectivity index (χ0v) is 11.4. The molecule has 3 aromatic rings. The van der Waals surface area contributed by atoms with E-state index in [9.17, 15) is 4.39 Å². The third kappa shape index (κ3) is 1.82. The maximum absolute atomic E-state index is 13.9. The Bertz CT molecular complexity index is 739. The number of rotatable bonds is 1. The van der Waals surface area contributed by atoms with E-state index in [2.05, 4.69) is 20.9 Å². The predicted octanol–water partition coefficient (Wildman–Crippen LogP) is 4.58. The number of hydrogen-bond donors (Lipinski definition) is 0. The molecule has 90 valence electrons. The number of benzene rings is 2. The van der Waals surface area contributed by atoms with Gasteiger partial charge in [-0.25, -0.2) is 9.37 Å². The normalized spacial score (nSPS) is 11.1. The second kappa shape index (κ2) is 4.37. The van der Waals surface area contributed by atoms with Crippen LogP contribution in [-0.4, -0.2) is 9.55 Å². The molecule has 5 heteroatoms. The molecule has 0 amide bonds. The highest BCUT2D eigenvalue weighted by molar-refractivity contribution is 9.10. The lowest BCUT2D eigenvalue weighted by Crippen LogP contribution is -1.97. The molecule has 0 bridgehead atoms. The highest BCUT2D eigenvalue weighted by atomic mass is 79.9. The van der Waals surface area contributed by atoms with Gasteiger partial charge in [0.2, 0.25) is 5.28 Å². The van der Waals surface area contributed by atoms with Crippen molar-refractivity contribution in [3.63, 3.8) is 0 Å². The minimum absolute atomic E-state index is 0.244. The zero-order valence-electron chi connectivity index (χ0n) is 9.07. The first-order valence-electron chi connectivity index (χ1n) is 5.25. The van der Waals surface area contributed by atoms with Crippen LogP contribution < -0.4 is 0 Å². The molecule has 1 aromatic heterocycles. The van der Waals surface area contributed by atoms with Crippen molar-refractivity contribution in [2.75, 3.05) is 0 Å². The van der Waals surface area contributed by atoms with E-state index in [0.717, 1.165) is 15.5 Å². The Hall–Kier alpha value is -1.39. The van der Waals surface area contributed by atoms with E-state index in [1.54, 1.807) is 16.7 Å². The quantitative estimate of drug-likeness (QED) is 0.640. The Morgan fingerprint density at radius 1 is 1.17 bits per heavy atom. The Kier molecular flexibility index (Phi) is 2.84. The average molecular weight is 326 g/mol. The molecular weight excluding hydrogens is 319 g/mol. The summed E-state index contributed by atoms with van der Waals surface area (Å²) in [6.45, 7) is 0. The Morgan fingerprint density at radius 3 is 2.78 bits per heavy atom. The first-order chi connectivity index (χ1) is 8.66. The molecule has 3 rings (SSSR count). The number of halogens is 3. The molecule has 0 saturated carbocycles. The fourth-order valence-corrected chi connectivity index (χ4v) is 2.51. The highest BCUT2D eigenvalue weighted by Gasteiger charge is 2.13. The van der Waals surface area contributed by atoms with Crippen LogP contribution in [0.25, 0.3) is 16.7 Å². The Morgan fingerprint density at radius 2 is 1.94 bits per heavy atom. The molecule has 0 atom stereocenters. The molecule has 0 unspecified atom stereocenters. The summed E-state index contributed by atoms with van der Waals surface area (Å²) in [6.07, 6.45) is 0. The van der Waals surface area contributed by atoms with Crippen molar-refractivity contribution in [1.82, 2.24) is 9.55 Å². The van der Waals surface area contributed by atoms with Crippen molar-refractivity contribution in [3.05, 3.63) is 58.0 Å². The molecule has 0 saturated heterocycles. The van der Waals surface area contributed by atoms with E-state index in [0.29, 0.717) is 5.69 Å². The number of hydrogen-bond acceptors (Lipinski definition) is 1. The van der Waals surface area contributed by atoms with Crippen LogP contribution in [0.15, 0.2) is 46.9 Å². The molecule has 18 heavy (non-hydrogen) atoms. The minimum atomic E-state index is -0.344. The smallest absolute Gasteiger partial charge is 0.208 e. The van der Waals surface area contributed by atoms with Crippen LogP contribution in [0.3, 0.4) is 0 Å². The second-order valence-electron chi connectivity index (χ2n) is 3.80. The summed E-state index contributed by atoms with van der Waals surface area (Å²) in [5.41, 5.74) is 1.89. The third-order valence-corrected chi connectivity index (χ3v) is 3.42. The molecule has 0 aliphatic rings. The van der Waals surface area contributed by atoms with Crippen LogP contribution in [0.4, 0.5) is 4.39 Å². The van der Waals surface area contributed by atoms with Gasteiger partial charge in [-0.2, -0.15) is 0 Å². The van der Waals surface area contributed by atoms with Gasteiger partial charge in [-0.05, 0) is 41.9 Å². The molecule has 0 spiro atoms. The fourth-order valence-electron chi connectivity index (χ4n) is 1.88. The van der Waals surface area contributed by atoms with Gasteiger partial charge in [0.25, 0.3) is 0 Å². The number of nitrogens with zero attached hydrogens (tertiary/aromatic N) is 2. The highest BCUT2D eigenvalue weighted by Crippen LogP contribution is 2.27. The molecule has 1 heterocycles. The van der Waals surface area contributed by atoms with Crippen molar-refractivity contribution in [1.29, 1.82) is 0 Å². The molecule has 2 aromatic carbocycles. The monoisotopic (exact) mass is 324 g/mol. The van der Waals surface area contributed by atoms with Gasteiger partial charge in [0.1, 0.15) is 5.82 Å². The fraction of sp³-hybridized carbons (Fsp3) is 0. The van der Waals surface area contributed by atoms with Gasteiger partial charge in [0.05, 0.1) is 16.7 Å². The van der Waals surface area contributed by atoms with Crippen LogP contribution >= 0.6 is 27.5 Å². The summed E-state index contributed by atoms with van der Waals surface area (Å²) >= 11 is 9.42. The van der Waals surface area contributed by atoms with E-state index < -0.39 is 0 Å². The average Bonchev–Trinajstić information content (AvgIpc) is 2.68. The topological polar surface area (TPSA) is 17.8 Å². The SMILES string of the molecule is Fc1ccc(Br)cc1-n1c(Cl)nc2ccccc21. The first-order valence-corrected chi connectivity index (χ1v) is 6.42. The zero-order chi connectivity index (χ0) is 12.7. The number of imidazole rings is 1. The molecule has 0 fully saturated rings. The molecule has 2 nitrogen and oxygen atoms in total. The first kappa shape index (κ1) is 11.7. The standard InChI is InChI=1S/C13H7BrClFN2/c14-8-5-6-9(16)12(7-8)18-11-4-2-1-3-10(11)17-13(18)15/h1-7H. The van der Waals surface area contributed by atoms with Gasteiger partial charge in [-0.15, -0.1) is 0 Å². The minimum Gasteiger partial charge on any atom is -0.280 e. The lowest BCUT2D eigenvalue weighted by molar-refractivity contribution is 0.619. The van der Waals surface area contributed by atoms with Crippen molar-refractivity contribution < 1.29 is 4.39 Å². The summed E-state index contributed by atoms with van der Waals surface area (Å²) in [5, 5.41) is 0.244. The lowest BCUT2D eigenvalue weighted by atomic mass is 10.2. The molecule has 0 N–H and O–H groups in total.